The first kappa shape index (κ1) is 21.5. The van der Waals surface area contributed by atoms with E-state index in [1.54, 1.807) is 37.4 Å². The molecule has 1 aliphatic rings. The highest BCUT2D eigenvalue weighted by Crippen LogP contribution is 2.40. The predicted molar refractivity (Wildman–Crippen MR) is 125 cm³/mol. The zero-order valence-corrected chi connectivity index (χ0v) is 18.9. The van der Waals surface area contributed by atoms with Gasteiger partial charge < -0.3 is 19.5 Å². The molecule has 7 nitrogen and oxygen atoms in total. The highest BCUT2D eigenvalue weighted by Gasteiger charge is 2.42. The smallest absolute Gasteiger partial charge is 0.282 e. The number of nitrogens with zero attached hydrogens (tertiary/aromatic N) is 1. The number of methoxy groups -OCH3 is 3. The summed E-state index contributed by atoms with van der Waals surface area (Å²) in [6.07, 6.45) is 0. The summed E-state index contributed by atoms with van der Waals surface area (Å²) in [5, 5.41) is 5.00. The minimum atomic E-state index is -0.461. The minimum absolute atomic E-state index is 0.188. The Bertz CT molecular complexity index is 1220. The fourth-order valence-electron chi connectivity index (χ4n) is 3.55. The Morgan fingerprint density at radius 2 is 1.56 bits per heavy atom. The van der Waals surface area contributed by atoms with Crippen LogP contribution in [0, 0.1) is 6.92 Å². The van der Waals surface area contributed by atoms with E-state index in [2.05, 4.69) is 5.32 Å². The highest BCUT2D eigenvalue weighted by molar-refractivity contribution is 7.11. The molecular formula is C24H22N2O5S. The number of nitrogens with one attached hydrogen (secondary N) is 1. The maximum absolute atomic E-state index is 13.6. The van der Waals surface area contributed by atoms with Gasteiger partial charge in [-0.15, -0.1) is 11.3 Å². The van der Waals surface area contributed by atoms with E-state index in [0.717, 1.165) is 10.5 Å². The average Bonchev–Trinajstić information content (AvgIpc) is 3.40. The van der Waals surface area contributed by atoms with Gasteiger partial charge >= 0.3 is 0 Å². The van der Waals surface area contributed by atoms with Crippen LogP contribution in [0.4, 0.5) is 11.4 Å². The van der Waals surface area contributed by atoms with Crippen molar-refractivity contribution in [1.29, 1.82) is 0 Å². The molecule has 0 atom stereocenters. The van der Waals surface area contributed by atoms with E-state index in [9.17, 15) is 9.59 Å². The Labute approximate surface area is 189 Å². The summed E-state index contributed by atoms with van der Waals surface area (Å²) >= 11 is 1.39. The lowest BCUT2D eigenvalue weighted by Crippen LogP contribution is -2.32. The van der Waals surface area contributed by atoms with Crippen molar-refractivity contribution in [2.75, 3.05) is 31.5 Å². The summed E-state index contributed by atoms with van der Waals surface area (Å²) in [4.78, 5) is 28.9. The van der Waals surface area contributed by atoms with Crippen LogP contribution in [0.15, 0.2) is 59.6 Å². The fourth-order valence-corrected chi connectivity index (χ4v) is 4.32. The second-order valence-electron chi connectivity index (χ2n) is 7.04. The SMILES string of the molecule is COc1ccc(NC2=C(c3cccs3)C(=O)N(c3cc(C)ccc3OC)C2=O)cc1OC. The van der Waals surface area contributed by atoms with Gasteiger partial charge in [0.2, 0.25) is 0 Å². The second kappa shape index (κ2) is 8.76. The number of anilines is 2. The van der Waals surface area contributed by atoms with Crippen LogP contribution in [0.5, 0.6) is 17.2 Å². The standard InChI is InChI=1S/C24H22N2O5S/c1-14-7-9-17(29-2)16(12-14)26-23(27)21(20-6-5-11-32-20)22(24(26)28)25-15-8-10-18(30-3)19(13-15)31-4/h5-13,25H,1-4H3. The molecule has 2 amide bonds. The quantitative estimate of drug-likeness (QED) is 0.535. The van der Waals surface area contributed by atoms with Gasteiger partial charge in [0.25, 0.3) is 11.8 Å². The van der Waals surface area contributed by atoms with E-state index in [4.69, 9.17) is 14.2 Å². The van der Waals surface area contributed by atoms with E-state index in [-0.39, 0.29) is 5.70 Å². The summed E-state index contributed by atoms with van der Waals surface area (Å²) in [6.45, 7) is 1.89. The first-order valence-corrected chi connectivity index (χ1v) is 10.7. The molecule has 32 heavy (non-hydrogen) atoms. The van der Waals surface area contributed by atoms with Crippen molar-refractivity contribution in [3.8, 4) is 17.2 Å². The molecule has 2 heterocycles. The topological polar surface area (TPSA) is 77.1 Å². The van der Waals surface area contributed by atoms with Gasteiger partial charge in [-0.05, 0) is 48.2 Å². The van der Waals surface area contributed by atoms with Gasteiger partial charge in [0.15, 0.2) is 11.5 Å². The lowest BCUT2D eigenvalue weighted by molar-refractivity contribution is -0.120. The molecule has 164 valence electrons. The summed E-state index contributed by atoms with van der Waals surface area (Å²) in [5.74, 6) is 0.631. The normalized spacial score (nSPS) is 13.6. The zero-order chi connectivity index (χ0) is 22.8. The van der Waals surface area contributed by atoms with Crippen LogP contribution < -0.4 is 24.4 Å². The number of benzene rings is 2. The summed E-state index contributed by atoms with van der Waals surface area (Å²) in [7, 11) is 4.60. The Morgan fingerprint density at radius 1 is 0.844 bits per heavy atom. The van der Waals surface area contributed by atoms with E-state index < -0.39 is 11.8 Å². The average molecular weight is 451 g/mol. The summed E-state index contributed by atoms with van der Waals surface area (Å²) in [5.41, 5.74) is 2.39. The van der Waals surface area contributed by atoms with E-state index >= 15 is 0 Å². The van der Waals surface area contributed by atoms with Crippen LogP contribution in [0.1, 0.15) is 10.4 Å². The van der Waals surface area contributed by atoms with Crippen molar-refractivity contribution < 1.29 is 23.8 Å². The van der Waals surface area contributed by atoms with Crippen LogP contribution in [0.3, 0.4) is 0 Å². The van der Waals surface area contributed by atoms with Crippen molar-refractivity contribution >= 4 is 40.1 Å². The number of thiophene rings is 1. The first-order chi connectivity index (χ1) is 15.5. The maximum atomic E-state index is 13.6. The lowest BCUT2D eigenvalue weighted by atomic mass is 10.1. The molecule has 0 fully saturated rings. The van der Waals surface area contributed by atoms with Crippen LogP contribution in [0.2, 0.25) is 0 Å². The number of hydrogen-bond acceptors (Lipinski definition) is 7. The molecule has 0 saturated heterocycles. The Morgan fingerprint density at radius 3 is 2.22 bits per heavy atom. The number of amides is 2. The molecule has 3 aromatic rings. The molecule has 1 N–H and O–H groups in total. The van der Waals surface area contributed by atoms with Gasteiger partial charge in [0.05, 0.1) is 32.6 Å². The van der Waals surface area contributed by atoms with Crippen molar-refractivity contribution in [2.24, 2.45) is 0 Å². The van der Waals surface area contributed by atoms with Crippen LogP contribution in [0.25, 0.3) is 5.57 Å². The van der Waals surface area contributed by atoms with E-state index in [1.165, 1.54) is 25.6 Å². The van der Waals surface area contributed by atoms with Gasteiger partial charge in [0, 0.05) is 16.6 Å². The molecule has 0 saturated carbocycles. The zero-order valence-electron chi connectivity index (χ0n) is 18.1. The van der Waals surface area contributed by atoms with Crippen LogP contribution >= 0.6 is 11.3 Å². The van der Waals surface area contributed by atoms with E-state index in [1.807, 2.05) is 30.5 Å². The fraction of sp³-hybridized carbons (Fsp3) is 0.167. The number of ether oxygens (including phenoxy) is 3. The molecule has 1 aromatic heterocycles. The van der Waals surface area contributed by atoms with Gasteiger partial charge in [-0.2, -0.15) is 0 Å². The lowest BCUT2D eigenvalue weighted by Gasteiger charge is -2.19. The summed E-state index contributed by atoms with van der Waals surface area (Å²) < 4.78 is 16.1. The predicted octanol–water partition coefficient (Wildman–Crippen LogP) is 4.48. The number of hydrogen-bond donors (Lipinski definition) is 1. The second-order valence-corrected chi connectivity index (χ2v) is 7.99. The number of aryl methyl sites for hydroxylation is 1. The molecule has 8 heteroatoms. The van der Waals surface area contributed by atoms with Gasteiger partial charge in [0.1, 0.15) is 11.4 Å². The number of rotatable bonds is 7. The molecule has 0 aliphatic carbocycles. The third-order valence-corrected chi connectivity index (χ3v) is 5.97. The van der Waals surface area contributed by atoms with Crippen molar-refractivity contribution in [2.45, 2.75) is 6.92 Å². The number of imide groups is 1. The Balaban J connectivity index is 1.81. The van der Waals surface area contributed by atoms with E-state index in [0.29, 0.717) is 39.1 Å². The van der Waals surface area contributed by atoms with Gasteiger partial charge in [-0.3, -0.25) is 9.59 Å². The molecule has 0 unspecified atom stereocenters. The van der Waals surface area contributed by atoms with Crippen molar-refractivity contribution in [3.63, 3.8) is 0 Å². The molecule has 0 bridgehead atoms. The number of carbonyl (C=O) groups is 2. The van der Waals surface area contributed by atoms with Crippen molar-refractivity contribution in [1.82, 2.24) is 0 Å². The third-order valence-electron chi connectivity index (χ3n) is 5.08. The Hall–Kier alpha value is -3.78. The molecule has 4 rings (SSSR count). The van der Waals surface area contributed by atoms with Gasteiger partial charge in [-0.1, -0.05) is 12.1 Å². The minimum Gasteiger partial charge on any atom is -0.495 e. The first-order valence-electron chi connectivity index (χ1n) is 9.79. The molecule has 1 aliphatic heterocycles. The van der Waals surface area contributed by atoms with Crippen LogP contribution in [-0.4, -0.2) is 33.1 Å². The molecule has 0 spiro atoms. The highest BCUT2D eigenvalue weighted by atomic mass is 32.1. The maximum Gasteiger partial charge on any atom is 0.282 e. The third kappa shape index (κ3) is 3.69. The largest absolute Gasteiger partial charge is 0.495 e. The van der Waals surface area contributed by atoms with Crippen LogP contribution in [-0.2, 0) is 9.59 Å². The van der Waals surface area contributed by atoms with Gasteiger partial charge in [-0.25, -0.2) is 4.90 Å². The Kier molecular flexibility index (Phi) is 5.87. The monoisotopic (exact) mass is 450 g/mol. The summed E-state index contributed by atoms with van der Waals surface area (Å²) in [6, 6.07) is 14.2. The molecule has 0 radical (unpaired) electrons. The number of carbonyl (C=O) groups excluding carboxylic acids is 2. The van der Waals surface area contributed by atoms with Crippen molar-refractivity contribution in [3.05, 3.63) is 70.0 Å². The molecule has 2 aromatic carbocycles. The molecular weight excluding hydrogens is 428 g/mol.